The van der Waals surface area contributed by atoms with E-state index >= 15 is 0 Å². The number of nitrogens with one attached hydrogen (secondary N) is 1. The molecule has 1 aliphatic rings. The van der Waals surface area contributed by atoms with Crippen molar-refractivity contribution >= 4 is 29.9 Å². The minimum atomic E-state index is 0. The molecule has 0 amide bonds. The number of halogens is 1. The third-order valence-corrected chi connectivity index (χ3v) is 2.99. The smallest absolute Gasteiger partial charge is 0.194 e. The molecule has 18 heavy (non-hydrogen) atoms. The lowest BCUT2D eigenvalue weighted by Crippen LogP contribution is -2.46. The Hall–Kier alpha value is -0.0400. The van der Waals surface area contributed by atoms with Gasteiger partial charge in [-0.1, -0.05) is 6.92 Å². The highest BCUT2D eigenvalue weighted by molar-refractivity contribution is 14.0. The number of hydrogen-bond donors (Lipinski definition) is 1. The lowest BCUT2D eigenvalue weighted by atomic mass is 10.0. The molecular formula is C13H28IN3O. The van der Waals surface area contributed by atoms with Crippen LogP contribution < -0.4 is 5.32 Å². The van der Waals surface area contributed by atoms with E-state index in [0.29, 0.717) is 0 Å². The second-order valence-corrected chi connectivity index (χ2v) is 4.63. The zero-order chi connectivity index (χ0) is 12.5. The van der Waals surface area contributed by atoms with Crippen LogP contribution in [0.15, 0.2) is 4.99 Å². The third-order valence-electron chi connectivity index (χ3n) is 2.99. The van der Waals surface area contributed by atoms with E-state index in [9.17, 15) is 0 Å². The molecule has 0 aromatic rings. The van der Waals surface area contributed by atoms with E-state index in [2.05, 4.69) is 29.1 Å². The predicted octanol–water partition coefficient (Wildman–Crippen LogP) is 2.34. The van der Waals surface area contributed by atoms with Crippen LogP contribution in [0, 0.1) is 5.92 Å². The molecule has 1 atom stereocenters. The van der Waals surface area contributed by atoms with Crippen molar-refractivity contribution in [2.24, 2.45) is 10.9 Å². The Morgan fingerprint density at radius 1 is 1.44 bits per heavy atom. The highest BCUT2D eigenvalue weighted by atomic mass is 127. The molecule has 4 nitrogen and oxygen atoms in total. The number of nitrogens with zero attached hydrogens (tertiary/aromatic N) is 2. The summed E-state index contributed by atoms with van der Waals surface area (Å²) >= 11 is 0. The normalized spacial score (nSPS) is 20.5. The summed E-state index contributed by atoms with van der Waals surface area (Å²) in [5.41, 5.74) is 0. The van der Waals surface area contributed by atoms with E-state index in [1.54, 1.807) is 0 Å². The summed E-state index contributed by atoms with van der Waals surface area (Å²) in [6.45, 7) is 11.9. The van der Waals surface area contributed by atoms with Gasteiger partial charge >= 0.3 is 0 Å². The first-order valence-corrected chi connectivity index (χ1v) is 6.88. The highest BCUT2D eigenvalue weighted by Gasteiger charge is 2.18. The van der Waals surface area contributed by atoms with E-state index < -0.39 is 0 Å². The maximum Gasteiger partial charge on any atom is 0.194 e. The zero-order valence-corrected chi connectivity index (χ0v) is 14.3. The molecule has 1 aliphatic heterocycles. The lowest BCUT2D eigenvalue weighted by Gasteiger charge is -2.33. The Labute approximate surface area is 129 Å². The molecule has 1 unspecified atom stereocenters. The summed E-state index contributed by atoms with van der Waals surface area (Å²) in [6.07, 6.45) is 2.62. The minimum Gasteiger partial charge on any atom is -0.380 e. The average molecular weight is 369 g/mol. The van der Waals surface area contributed by atoms with Gasteiger partial charge in [0.05, 0.1) is 13.2 Å². The third kappa shape index (κ3) is 6.78. The largest absolute Gasteiger partial charge is 0.380 e. The van der Waals surface area contributed by atoms with E-state index in [1.807, 2.05) is 6.92 Å². The molecule has 0 aromatic heterocycles. The van der Waals surface area contributed by atoms with Crippen molar-refractivity contribution in [1.82, 2.24) is 10.2 Å². The molecule has 1 N–H and O–H groups in total. The van der Waals surface area contributed by atoms with Crippen LogP contribution in [0.3, 0.4) is 0 Å². The van der Waals surface area contributed by atoms with Crippen molar-refractivity contribution in [1.29, 1.82) is 0 Å². The molecule has 0 radical (unpaired) electrons. The van der Waals surface area contributed by atoms with E-state index in [4.69, 9.17) is 4.74 Å². The van der Waals surface area contributed by atoms with Crippen LogP contribution in [0.1, 0.15) is 33.6 Å². The van der Waals surface area contributed by atoms with Gasteiger partial charge in [-0.15, -0.1) is 24.0 Å². The van der Waals surface area contributed by atoms with Crippen molar-refractivity contribution in [2.75, 3.05) is 39.4 Å². The van der Waals surface area contributed by atoms with Gasteiger partial charge in [-0.25, -0.2) is 0 Å². The maximum atomic E-state index is 5.32. The molecular weight excluding hydrogens is 341 g/mol. The second-order valence-electron chi connectivity index (χ2n) is 4.63. The summed E-state index contributed by atoms with van der Waals surface area (Å²) < 4.78 is 5.32. The van der Waals surface area contributed by atoms with Crippen LogP contribution in [-0.4, -0.2) is 50.3 Å². The molecule has 5 heteroatoms. The van der Waals surface area contributed by atoms with Crippen LogP contribution in [0.5, 0.6) is 0 Å². The number of ether oxygens (including phenoxy) is 1. The first-order chi connectivity index (χ1) is 8.27. The van der Waals surface area contributed by atoms with E-state index in [-0.39, 0.29) is 24.0 Å². The van der Waals surface area contributed by atoms with E-state index in [1.165, 1.54) is 12.8 Å². The van der Waals surface area contributed by atoms with Gasteiger partial charge in [-0.2, -0.15) is 0 Å². The first-order valence-electron chi connectivity index (χ1n) is 6.88. The van der Waals surface area contributed by atoms with Crippen molar-refractivity contribution in [3.63, 3.8) is 0 Å². The molecule has 0 aliphatic carbocycles. The van der Waals surface area contributed by atoms with Crippen LogP contribution in [0.2, 0.25) is 0 Å². The van der Waals surface area contributed by atoms with Gasteiger partial charge in [0, 0.05) is 26.2 Å². The number of guanidine groups is 1. The number of rotatable bonds is 5. The summed E-state index contributed by atoms with van der Waals surface area (Å²) in [4.78, 5) is 6.99. The summed E-state index contributed by atoms with van der Waals surface area (Å²) in [7, 11) is 0. The van der Waals surface area contributed by atoms with E-state index in [0.717, 1.165) is 51.3 Å². The quantitative estimate of drug-likeness (QED) is 0.350. The molecule has 1 fully saturated rings. The number of likely N-dealkylation sites (tertiary alicyclic amines) is 1. The first kappa shape index (κ1) is 18.0. The molecule has 0 aromatic carbocycles. The summed E-state index contributed by atoms with van der Waals surface area (Å²) in [5, 5.41) is 3.37. The SMILES string of the molecule is CCNC(=NCCOCC)N1CCCC(C)C1.I. The van der Waals surface area contributed by atoms with Crippen molar-refractivity contribution in [3.05, 3.63) is 0 Å². The fourth-order valence-electron chi connectivity index (χ4n) is 2.17. The van der Waals surface area contributed by atoms with Gasteiger partial charge in [-0.05, 0) is 32.6 Å². The van der Waals surface area contributed by atoms with Crippen molar-refractivity contribution < 1.29 is 4.74 Å². The average Bonchev–Trinajstić information content (AvgIpc) is 2.33. The number of aliphatic imine (C=N–C) groups is 1. The highest BCUT2D eigenvalue weighted by Crippen LogP contribution is 2.15. The standard InChI is InChI=1S/C13H27N3O.HI/c1-4-14-13(15-8-10-17-5-2)16-9-6-7-12(3)11-16;/h12H,4-11H2,1-3H3,(H,14,15);1H. The topological polar surface area (TPSA) is 36.9 Å². The Morgan fingerprint density at radius 3 is 2.83 bits per heavy atom. The Bertz CT molecular complexity index is 236. The maximum absolute atomic E-state index is 5.32. The van der Waals surface area contributed by atoms with Crippen LogP contribution in [-0.2, 0) is 4.74 Å². The van der Waals surface area contributed by atoms with Crippen LogP contribution in [0.25, 0.3) is 0 Å². The van der Waals surface area contributed by atoms with Gasteiger partial charge in [0.2, 0.25) is 0 Å². The predicted molar refractivity (Wildman–Crippen MR) is 87.9 cm³/mol. The lowest BCUT2D eigenvalue weighted by molar-refractivity contribution is 0.155. The molecule has 0 bridgehead atoms. The minimum absolute atomic E-state index is 0. The fraction of sp³-hybridized carbons (Fsp3) is 0.923. The second kappa shape index (κ2) is 10.8. The Kier molecular flexibility index (Phi) is 10.8. The molecule has 0 saturated carbocycles. The molecule has 1 saturated heterocycles. The van der Waals surface area contributed by atoms with Gasteiger partial charge in [0.25, 0.3) is 0 Å². The summed E-state index contributed by atoms with van der Waals surface area (Å²) in [6, 6.07) is 0. The number of hydrogen-bond acceptors (Lipinski definition) is 2. The van der Waals surface area contributed by atoms with Crippen molar-refractivity contribution in [3.8, 4) is 0 Å². The number of piperidine rings is 1. The van der Waals surface area contributed by atoms with Crippen molar-refractivity contribution in [2.45, 2.75) is 33.6 Å². The van der Waals surface area contributed by atoms with Gasteiger partial charge < -0.3 is 15.0 Å². The fourth-order valence-corrected chi connectivity index (χ4v) is 2.17. The molecule has 1 heterocycles. The zero-order valence-electron chi connectivity index (χ0n) is 11.9. The monoisotopic (exact) mass is 369 g/mol. The van der Waals surface area contributed by atoms with Gasteiger partial charge in [-0.3, -0.25) is 4.99 Å². The summed E-state index contributed by atoms with van der Waals surface area (Å²) in [5.74, 6) is 1.83. The molecule has 1 rings (SSSR count). The van der Waals surface area contributed by atoms with Crippen LogP contribution >= 0.6 is 24.0 Å². The Balaban J connectivity index is 0.00000289. The molecule has 108 valence electrons. The molecule has 0 spiro atoms. The van der Waals surface area contributed by atoms with Crippen LogP contribution in [0.4, 0.5) is 0 Å². The van der Waals surface area contributed by atoms with Gasteiger partial charge in [0.15, 0.2) is 5.96 Å². The van der Waals surface area contributed by atoms with Gasteiger partial charge in [0.1, 0.15) is 0 Å². The Morgan fingerprint density at radius 2 is 2.22 bits per heavy atom.